The minimum atomic E-state index is -0.0800. The van der Waals surface area contributed by atoms with Gasteiger partial charge in [-0.15, -0.1) is 0 Å². The first kappa shape index (κ1) is 22.7. The van der Waals surface area contributed by atoms with Crippen LogP contribution in [0.2, 0.25) is 0 Å². The molecule has 0 amide bonds. The van der Waals surface area contributed by atoms with Crippen LogP contribution in [0.25, 0.3) is 0 Å². The summed E-state index contributed by atoms with van der Waals surface area (Å²) < 4.78 is 0. The smallest absolute Gasteiger partial charge is 0.0933 e. The van der Waals surface area contributed by atoms with Crippen LogP contribution in [0.1, 0.15) is 42.0 Å². The molecule has 0 spiro atoms. The molecule has 3 aromatic carbocycles. The van der Waals surface area contributed by atoms with Gasteiger partial charge in [0.25, 0.3) is 0 Å². The lowest BCUT2D eigenvalue weighted by atomic mass is 9.42. The van der Waals surface area contributed by atoms with Crippen LogP contribution in [0.5, 0.6) is 0 Å². The molecular formula is C33H38N6. The van der Waals surface area contributed by atoms with Crippen molar-refractivity contribution in [3.8, 4) is 0 Å². The van der Waals surface area contributed by atoms with Gasteiger partial charge in [-0.3, -0.25) is 15.1 Å². The van der Waals surface area contributed by atoms with Crippen molar-refractivity contribution in [2.45, 2.75) is 54.5 Å². The van der Waals surface area contributed by atoms with Gasteiger partial charge >= 0.3 is 0 Å². The fourth-order valence-corrected chi connectivity index (χ4v) is 10.4. The van der Waals surface area contributed by atoms with Gasteiger partial charge in [-0.2, -0.15) is 0 Å². The number of rotatable bonds is 1. The molecule has 200 valence electrons. The van der Waals surface area contributed by atoms with Crippen LogP contribution in [-0.4, -0.2) is 62.0 Å². The molecule has 6 nitrogen and oxygen atoms in total. The number of hydrogen-bond donors (Lipinski definition) is 4. The van der Waals surface area contributed by atoms with Gasteiger partial charge in [0.1, 0.15) is 0 Å². The van der Waals surface area contributed by atoms with Crippen LogP contribution in [0, 0.1) is 5.92 Å². The molecule has 6 heterocycles. The largest absolute Gasteiger partial charge is 0.369 e. The Morgan fingerprint density at radius 2 is 1.33 bits per heavy atom. The molecule has 0 aliphatic carbocycles. The molecule has 6 heteroatoms. The van der Waals surface area contributed by atoms with E-state index in [1.807, 2.05) is 0 Å². The third-order valence-electron chi connectivity index (χ3n) is 11.8. The predicted octanol–water partition coefficient (Wildman–Crippen LogP) is 4.31. The van der Waals surface area contributed by atoms with Crippen molar-refractivity contribution >= 4 is 17.1 Å². The summed E-state index contributed by atoms with van der Waals surface area (Å²) in [4.78, 5) is 5.12. The Balaban J connectivity index is 1.36. The van der Waals surface area contributed by atoms with E-state index in [0.29, 0.717) is 5.92 Å². The molecule has 9 rings (SSSR count). The quantitative estimate of drug-likeness (QED) is 0.385. The highest BCUT2D eigenvalue weighted by molar-refractivity contribution is 5.78. The van der Waals surface area contributed by atoms with E-state index in [0.717, 1.165) is 32.5 Å². The average Bonchev–Trinajstić information content (AvgIpc) is 3.47. The van der Waals surface area contributed by atoms with Gasteiger partial charge in [-0.05, 0) is 67.2 Å². The van der Waals surface area contributed by atoms with Crippen molar-refractivity contribution in [1.82, 2.24) is 15.1 Å². The van der Waals surface area contributed by atoms with Crippen LogP contribution in [0.4, 0.5) is 17.1 Å². The van der Waals surface area contributed by atoms with Crippen molar-refractivity contribution in [3.63, 3.8) is 0 Å². The lowest BCUT2D eigenvalue weighted by Gasteiger charge is -2.72. The number of benzene rings is 3. The van der Waals surface area contributed by atoms with E-state index in [9.17, 15) is 0 Å². The SMILES string of the molecule is CC1CNC2Nc3c(C45CCN(C)C4Nc4ccccc45)cccc3C13C1Nc4ccccc4C23CCN1C. The third-order valence-corrected chi connectivity index (χ3v) is 11.8. The van der Waals surface area contributed by atoms with Gasteiger partial charge in [0.05, 0.1) is 23.9 Å². The molecule has 39 heavy (non-hydrogen) atoms. The van der Waals surface area contributed by atoms with Gasteiger partial charge in [-0.1, -0.05) is 61.5 Å². The fraction of sp³-hybridized carbons (Fsp3) is 0.455. The highest BCUT2D eigenvalue weighted by Gasteiger charge is 2.73. The van der Waals surface area contributed by atoms with Crippen LogP contribution in [0.15, 0.2) is 66.7 Å². The van der Waals surface area contributed by atoms with Gasteiger partial charge in [0.2, 0.25) is 0 Å². The predicted molar refractivity (Wildman–Crippen MR) is 157 cm³/mol. The molecular weight excluding hydrogens is 480 g/mol. The minimum absolute atomic E-state index is 0.0231. The molecule has 4 N–H and O–H groups in total. The topological polar surface area (TPSA) is 54.6 Å². The maximum atomic E-state index is 4.24. The summed E-state index contributed by atoms with van der Waals surface area (Å²) in [6, 6.07) is 25.4. The number of likely N-dealkylation sites (N-methyl/N-ethyl adjacent to an activating group) is 2. The van der Waals surface area contributed by atoms with E-state index in [4.69, 9.17) is 0 Å². The second-order valence-electron chi connectivity index (χ2n) is 13.1. The van der Waals surface area contributed by atoms with Crippen LogP contribution in [0.3, 0.4) is 0 Å². The summed E-state index contributed by atoms with van der Waals surface area (Å²) in [6.45, 7) is 5.68. The number of nitrogens with zero attached hydrogens (tertiary/aromatic N) is 2. The number of fused-ring (bicyclic) bond motifs is 5. The normalized spacial score (nSPS) is 39.3. The molecule has 6 aliphatic heterocycles. The van der Waals surface area contributed by atoms with E-state index < -0.39 is 0 Å². The van der Waals surface area contributed by atoms with E-state index in [2.05, 4.69) is 119 Å². The number of anilines is 3. The van der Waals surface area contributed by atoms with Crippen molar-refractivity contribution in [2.75, 3.05) is 49.7 Å². The molecule has 3 saturated heterocycles. The fourth-order valence-electron chi connectivity index (χ4n) is 10.4. The maximum absolute atomic E-state index is 4.24. The summed E-state index contributed by atoms with van der Waals surface area (Å²) in [5.41, 5.74) is 9.70. The monoisotopic (exact) mass is 518 g/mol. The Hall–Kier alpha value is -3.06. The molecule has 0 radical (unpaired) electrons. The molecule has 3 fully saturated rings. The Morgan fingerprint density at radius 1 is 0.692 bits per heavy atom. The summed E-state index contributed by atoms with van der Waals surface area (Å²) in [6.07, 6.45) is 2.94. The highest BCUT2D eigenvalue weighted by atomic mass is 15.3. The Labute approximate surface area is 231 Å². The molecule has 0 aromatic heterocycles. The molecule has 3 aromatic rings. The zero-order valence-corrected chi connectivity index (χ0v) is 23.1. The lowest BCUT2D eigenvalue weighted by molar-refractivity contribution is -0.0594. The van der Waals surface area contributed by atoms with Crippen LogP contribution in [-0.2, 0) is 16.2 Å². The van der Waals surface area contributed by atoms with Crippen molar-refractivity contribution in [3.05, 3.63) is 89.0 Å². The Kier molecular flexibility index (Phi) is 4.29. The summed E-state index contributed by atoms with van der Waals surface area (Å²) in [5, 5.41) is 16.3. The average molecular weight is 519 g/mol. The summed E-state index contributed by atoms with van der Waals surface area (Å²) >= 11 is 0. The van der Waals surface area contributed by atoms with E-state index >= 15 is 0 Å². The van der Waals surface area contributed by atoms with E-state index in [1.54, 1.807) is 0 Å². The van der Waals surface area contributed by atoms with Crippen molar-refractivity contribution in [1.29, 1.82) is 0 Å². The van der Waals surface area contributed by atoms with Gasteiger partial charge in [0, 0.05) is 47.5 Å². The molecule has 7 atom stereocenters. The highest BCUT2D eigenvalue weighted by Crippen LogP contribution is 2.68. The number of piperidine rings is 2. The zero-order valence-electron chi connectivity index (χ0n) is 23.1. The molecule has 4 bridgehead atoms. The second kappa shape index (κ2) is 7.36. The lowest BCUT2D eigenvalue weighted by Crippen LogP contribution is -2.83. The van der Waals surface area contributed by atoms with E-state index in [-0.39, 0.29) is 34.7 Å². The molecule has 0 saturated carbocycles. The van der Waals surface area contributed by atoms with Crippen molar-refractivity contribution < 1.29 is 0 Å². The first-order chi connectivity index (χ1) is 19.0. The molecule has 7 unspecified atom stereocenters. The maximum Gasteiger partial charge on any atom is 0.0933 e. The standard InChI is InChI=1S/C33H38N6/c1-20-19-34-28-32-16-18-39(3)30(36-26-14-7-5-10-22(26)32)33(20,32)24-12-8-11-23(27(24)37-28)31-15-17-38(2)29(31)35-25-13-6-4-9-21(25)31/h4-14,20,28-30,34-37H,15-19H2,1-3H3. The summed E-state index contributed by atoms with van der Waals surface area (Å²) in [5.74, 6) is 0.465. The number of hydrogen-bond acceptors (Lipinski definition) is 6. The Bertz CT molecular complexity index is 1520. The number of para-hydroxylation sites is 3. The van der Waals surface area contributed by atoms with Gasteiger partial charge in [-0.25, -0.2) is 0 Å². The second-order valence-corrected chi connectivity index (χ2v) is 13.1. The summed E-state index contributed by atoms with van der Waals surface area (Å²) in [7, 11) is 4.61. The molecule has 6 aliphatic rings. The minimum Gasteiger partial charge on any atom is -0.369 e. The van der Waals surface area contributed by atoms with Crippen molar-refractivity contribution in [2.24, 2.45) is 5.92 Å². The Morgan fingerprint density at radius 3 is 2.18 bits per heavy atom. The van der Waals surface area contributed by atoms with Gasteiger partial charge in [0.15, 0.2) is 0 Å². The number of likely N-dealkylation sites (tertiary alicyclic amines) is 2. The third kappa shape index (κ3) is 2.35. The first-order valence-electron chi connectivity index (χ1n) is 14.8. The van der Waals surface area contributed by atoms with E-state index in [1.165, 1.54) is 39.3 Å². The van der Waals surface area contributed by atoms with Crippen LogP contribution >= 0.6 is 0 Å². The number of nitrogens with one attached hydrogen (secondary N) is 4. The zero-order chi connectivity index (χ0) is 26.1. The van der Waals surface area contributed by atoms with Gasteiger partial charge < -0.3 is 16.0 Å². The van der Waals surface area contributed by atoms with Crippen LogP contribution < -0.4 is 21.3 Å². The first-order valence-corrected chi connectivity index (χ1v) is 14.8.